The van der Waals surface area contributed by atoms with Gasteiger partial charge in [0.25, 0.3) is 0 Å². The topological polar surface area (TPSA) is 88.5 Å². The van der Waals surface area contributed by atoms with Crippen molar-refractivity contribution in [3.63, 3.8) is 0 Å². The molecule has 7 nitrogen and oxygen atoms in total. The van der Waals surface area contributed by atoms with Gasteiger partial charge in [-0.1, -0.05) is 6.07 Å². The predicted octanol–water partition coefficient (Wildman–Crippen LogP) is 5.84. The molecule has 4 heterocycles. The summed E-state index contributed by atoms with van der Waals surface area (Å²) in [5.41, 5.74) is 1.67. The number of hydrogen-bond donors (Lipinski definition) is 2. The van der Waals surface area contributed by atoms with Gasteiger partial charge in [-0.3, -0.25) is 14.5 Å². The number of carbonyl (C=O) groups excluding carboxylic acids is 1. The number of alkyl halides is 3. The molecule has 5 aromatic rings. The number of nitrogens with one attached hydrogen (secondary N) is 2. The van der Waals surface area contributed by atoms with Crippen LogP contribution in [-0.4, -0.2) is 30.6 Å². The second-order valence-corrected chi connectivity index (χ2v) is 9.39. The zero-order valence-electron chi connectivity index (χ0n) is 21.4. The summed E-state index contributed by atoms with van der Waals surface area (Å²) >= 11 is 0. The van der Waals surface area contributed by atoms with Crippen molar-refractivity contribution in [2.45, 2.75) is 39.0 Å². The van der Waals surface area contributed by atoms with Gasteiger partial charge >= 0.3 is 6.18 Å². The van der Waals surface area contributed by atoms with Crippen molar-refractivity contribution in [3.8, 4) is 11.1 Å². The maximum Gasteiger partial charge on any atom is 0.435 e. The average molecular weight is 555 g/mol. The largest absolute Gasteiger partial charge is 0.435 e. The molecular weight excluding hydrogens is 531 g/mol. The number of hydrogen-bond acceptors (Lipinski definition) is 4. The van der Waals surface area contributed by atoms with Crippen LogP contribution in [0.2, 0.25) is 0 Å². The van der Waals surface area contributed by atoms with Crippen molar-refractivity contribution in [2.24, 2.45) is 0 Å². The number of H-pyrrole nitrogens is 1. The van der Waals surface area contributed by atoms with Crippen molar-refractivity contribution in [2.75, 3.05) is 0 Å². The van der Waals surface area contributed by atoms with Gasteiger partial charge in [0.2, 0.25) is 5.91 Å². The Hall–Kier alpha value is -4.61. The second-order valence-electron chi connectivity index (χ2n) is 9.39. The molecule has 0 radical (unpaired) electrons. The summed E-state index contributed by atoms with van der Waals surface area (Å²) in [5.74, 6) is -2.23. The first kappa shape index (κ1) is 27.0. The molecule has 0 fully saturated rings. The minimum Gasteiger partial charge on any atom is -0.346 e. The molecule has 0 aliphatic rings. The van der Waals surface area contributed by atoms with Crippen molar-refractivity contribution in [1.29, 1.82) is 0 Å². The van der Waals surface area contributed by atoms with Crippen LogP contribution in [0.25, 0.3) is 22.2 Å². The summed E-state index contributed by atoms with van der Waals surface area (Å²) in [7, 11) is 0. The highest BCUT2D eigenvalue weighted by Crippen LogP contribution is 2.33. The standard InChI is InChI=1S/C28H23F5N6O/c1-15-16(2)39(38-26(15)28(31,32)33)14-24(40)37-23(10-17-8-20(29)12-21(30)9-17)25-22(4-3-6-34-25)19-11-18-5-7-35-27(18)36-13-19/h3-9,11-13,23H,10,14H2,1-2H3,(H,35,36)(H,37,40). The molecule has 0 saturated heterocycles. The molecule has 0 aliphatic heterocycles. The summed E-state index contributed by atoms with van der Waals surface area (Å²) in [6.45, 7) is 2.23. The van der Waals surface area contributed by atoms with Crippen molar-refractivity contribution in [1.82, 2.24) is 30.0 Å². The van der Waals surface area contributed by atoms with Gasteiger partial charge < -0.3 is 10.3 Å². The van der Waals surface area contributed by atoms with Gasteiger partial charge in [0.05, 0.1) is 11.7 Å². The first-order valence-corrected chi connectivity index (χ1v) is 12.2. The molecule has 2 N–H and O–H groups in total. The molecule has 0 saturated carbocycles. The number of amides is 1. The highest BCUT2D eigenvalue weighted by atomic mass is 19.4. The Morgan fingerprint density at radius 1 is 1.07 bits per heavy atom. The van der Waals surface area contributed by atoms with E-state index in [0.717, 1.165) is 28.3 Å². The summed E-state index contributed by atoms with van der Waals surface area (Å²) in [6, 6.07) is 9.35. The minimum absolute atomic E-state index is 0.0464. The summed E-state index contributed by atoms with van der Waals surface area (Å²) in [4.78, 5) is 25.1. The zero-order chi connectivity index (χ0) is 28.6. The third kappa shape index (κ3) is 5.56. The number of rotatable bonds is 7. The Bertz CT molecular complexity index is 1690. The molecular formula is C28H23F5N6O. The lowest BCUT2D eigenvalue weighted by Crippen LogP contribution is -2.34. The lowest BCUT2D eigenvalue weighted by Gasteiger charge is -2.22. The second kappa shape index (κ2) is 10.5. The van der Waals surface area contributed by atoms with Crippen LogP contribution >= 0.6 is 0 Å². The van der Waals surface area contributed by atoms with Gasteiger partial charge in [-0.25, -0.2) is 13.8 Å². The van der Waals surface area contributed by atoms with Gasteiger partial charge in [0.1, 0.15) is 23.8 Å². The monoisotopic (exact) mass is 554 g/mol. The molecule has 206 valence electrons. The fourth-order valence-corrected chi connectivity index (χ4v) is 4.64. The van der Waals surface area contributed by atoms with E-state index in [1.807, 2.05) is 12.1 Å². The van der Waals surface area contributed by atoms with E-state index < -0.39 is 42.0 Å². The third-order valence-electron chi connectivity index (χ3n) is 6.64. The molecule has 0 aliphatic carbocycles. The molecule has 40 heavy (non-hydrogen) atoms. The molecule has 1 amide bonds. The van der Waals surface area contributed by atoms with Gasteiger partial charge in [-0.15, -0.1) is 0 Å². The lowest BCUT2D eigenvalue weighted by molar-refractivity contribution is -0.142. The summed E-state index contributed by atoms with van der Waals surface area (Å²) < 4.78 is 69.1. The maximum absolute atomic E-state index is 14.0. The Kier molecular flexibility index (Phi) is 7.09. The zero-order valence-corrected chi connectivity index (χ0v) is 21.4. The van der Waals surface area contributed by atoms with Crippen molar-refractivity contribution >= 4 is 16.9 Å². The Balaban J connectivity index is 1.51. The van der Waals surface area contributed by atoms with E-state index in [2.05, 4.69) is 25.4 Å². The number of fused-ring (bicyclic) bond motifs is 1. The number of aromatic nitrogens is 5. The van der Waals surface area contributed by atoms with Crippen LogP contribution in [0, 0.1) is 25.5 Å². The molecule has 12 heteroatoms. The van der Waals surface area contributed by atoms with E-state index in [-0.39, 0.29) is 23.2 Å². The normalized spacial score (nSPS) is 12.6. The summed E-state index contributed by atoms with van der Waals surface area (Å²) in [5, 5.41) is 7.23. The quantitative estimate of drug-likeness (QED) is 0.248. The molecule has 5 rings (SSSR count). The van der Waals surface area contributed by atoms with Crippen LogP contribution in [0.15, 0.2) is 61.1 Å². The number of aromatic amines is 1. The fraction of sp³-hybridized carbons (Fsp3) is 0.214. The maximum atomic E-state index is 14.0. The van der Waals surface area contributed by atoms with Gasteiger partial charge in [-0.05, 0) is 56.2 Å². The van der Waals surface area contributed by atoms with Crippen LogP contribution in [0.4, 0.5) is 22.0 Å². The smallest absolute Gasteiger partial charge is 0.346 e. The Morgan fingerprint density at radius 2 is 1.82 bits per heavy atom. The molecule has 0 bridgehead atoms. The van der Waals surface area contributed by atoms with E-state index in [9.17, 15) is 26.7 Å². The number of halogens is 5. The fourth-order valence-electron chi connectivity index (χ4n) is 4.64. The molecule has 1 aromatic carbocycles. The number of benzene rings is 1. The Morgan fingerprint density at radius 3 is 2.52 bits per heavy atom. The number of pyridine rings is 2. The summed E-state index contributed by atoms with van der Waals surface area (Å²) in [6.07, 6.45) is 0.182. The van der Waals surface area contributed by atoms with Crippen molar-refractivity contribution < 1.29 is 26.7 Å². The van der Waals surface area contributed by atoms with E-state index in [1.165, 1.54) is 20.0 Å². The molecule has 1 unspecified atom stereocenters. The van der Waals surface area contributed by atoms with Crippen LogP contribution in [0.1, 0.15) is 34.3 Å². The van der Waals surface area contributed by atoms with Crippen LogP contribution in [-0.2, 0) is 23.9 Å². The third-order valence-corrected chi connectivity index (χ3v) is 6.64. The molecule has 0 spiro atoms. The van der Waals surface area contributed by atoms with E-state index in [4.69, 9.17) is 0 Å². The van der Waals surface area contributed by atoms with E-state index in [0.29, 0.717) is 22.5 Å². The van der Waals surface area contributed by atoms with E-state index >= 15 is 0 Å². The number of carbonyl (C=O) groups is 1. The van der Waals surface area contributed by atoms with Crippen molar-refractivity contribution in [3.05, 3.63) is 101 Å². The van der Waals surface area contributed by atoms with Crippen LogP contribution in [0.5, 0.6) is 0 Å². The molecule has 1 atom stereocenters. The van der Waals surface area contributed by atoms with Gasteiger partial charge in [-0.2, -0.15) is 18.3 Å². The lowest BCUT2D eigenvalue weighted by atomic mass is 9.95. The first-order chi connectivity index (χ1) is 19.0. The van der Waals surface area contributed by atoms with E-state index in [1.54, 1.807) is 24.5 Å². The minimum atomic E-state index is -4.67. The predicted molar refractivity (Wildman–Crippen MR) is 137 cm³/mol. The van der Waals surface area contributed by atoms with Gasteiger partial charge in [0, 0.05) is 52.4 Å². The molecule has 4 aromatic heterocycles. The average Bonchev–Trinajstić information content (AvgIpc) is 3.47. The SMILES string of the molecule is Cc1c(C(F)(F)F)nn(CC(=O)NC(Cc2cc(F)cc(F)c2)c2ncccc2-c2cnc3[nH]ccc3c2)c1C. The highest BCUT2D eigenvalue weighted by molar-refractivity contribution is 5.82. The number of nitrogens with zero attached hydrogens (tertiary/aromatic N) is 4. The van der Waals surface area contributed by atoms with Gasteiger partial charge in [0.15, 0.2) is 5.69 Å². The Labute approximate surface area is 225 Å². The van der Waals surface area contributed by atoms with Crippen LogP contribution in [0.3, 0.4) is 0 Å². The first-order valence-electron chi connectivity index (χ1n) is 12.2. The van der Waals surface area contributed by atoms with Crippen LogP contribution < -0.4 is 5.32 Å². The highest BCUT2D eigenvalue weighted by Gasteiger charge is 2.37.